The number of halogens is 3. The monoisotopic (exact) mass is 424 g/mol. The molecule has 0 saturated heterocycles. The molecule has 31 heavy (non-hydrogen) atoms. The van der Waals surface area contributed by atoms with E-state index < -0.39 is 11.7 Å². The van der Waals surface area contributed by atoms with Gasteiger partial charge in [-0.2, -0.15) is 13.2 Å². The fourth-order valence-corrected chi connectivity index (χ4v) is 3.40. The van der Waals surface area contributed by atoms with Crippen LogP contribution in [-0.2, 0) is 12.7 Å². The van der Waals surface area contributed by atoms with Crippen LogP contribution in [0.25, 0.3) is 22.4 Å². The van der Waals surface area contributed by atoms with E-state index in [0.29, 0.717) is 33.5 Å². The number of hydrogen-bond donors (Lipinski definition) is 0. The first kappa shape index (κ1) is 20.7. The largest absolute Gasteiger partial charge is 0.460 e. The predicted molar refractivity (Wildman–Crippen MR) is 111 cm³/mol. The molecule has 2 aromatic heterocycles. The summed E-state index contributed by atoms with van der Waals surface area (Å²) in [6.07, 6.45) is -4.39. The van der Waals surface area contributed by atoms with Gasteiger partial charge in [0.15, 0.2) is 5.76 Å². The van der Waals surface area contributed by atoms with Gasteiger partial charge in [0, 0.05) is 19.0 Å². The maximum absolute atomic E-state index is 13.3. The topological polar surface area (TPSA) is 46.3 Å². The second-order valence-corrected chi connectivity index (χ2v) is 7.34. The van der Waals surface area contributed by atoms with Crippen molar-refractivity contribution in [1.82, 2.24) is 9.88 Å². The molecule has 0 aliphatic rings. The first-order chi connectivity index (χ1) is 14.7. The van der Waals surface area contributed by atoms with Crippen molar-refractivity contribution in [1.29, 1.82) is 0 Å². The number of pyridine rings is 1. The van der Waals surface area contributed by atoms with Crippen molar-refractivity contribution in [2.24, 2.45) is 0 Å². The number of carbonyl (C=O) groups excluding carboxylic acids is 1. The molecule has 0 bridgehead atoms. The Morgan fingerprint density at radius 1 is 1.03 bits per heavy atom. The van der Waals surface area contributed by atoms with E-state index in [1.165, 1.54) is 17.0 Å². The van der Waals surface area contributed by atoms with Crippen LogP contribution < -0.4 is 0 Å². The summed E-state index contributed by atoms with van der Waals surface area (Å²) in [6, 6.07) is 17.4. The molecule has 158 valence electrons. The molecule has 0 radical (unpaired) electrons. The molecule has 0 spiro atoms. The van der Waals surface area contributed by atoms with Gasteiger partial charge in [0.05, 0.1) is 16.6 Å². The maximum atomic E-state index is 13.3. The van der Waals surface area contributed by atoms with Gasteiger partial charge in [0.1, 0.15) is 11.5 Å². The van der Waals surface area contributed by atoms with E-state index in [1.54, 1.807) is 19.2 Å². The molecule has 0 fully saturated rings. The SMILES string of the molecule is Cc1ccc(-c2cc(C(=O)N(C)Cc3ccc(C(F)(F)F)cc3)c3ccccc3n2)o1. The first-order valence-electron chi connectivity index (χ1n) is 9.60. The van der Waals surface area contributed by atoms with Gasteiger partial charge in [0.25, 0.3) is 5.91 Å². The number of furan rings is 1. The summed E-state index contributed by atoms with van der Waals surface area (Å²) in [5.41, 5.74) is 1.52. The lowest BCUT2D eigenvalue weighted by atomic mass is 10.0. The normalized spacial score (nSPS) is 11.6. The second-order valence-electron chi connectivity index (χ2n) is 7.34. The second kappa shape index (κ2) is 7.91. The highest BCUT2D eigenvalue weighted by atomic mass is 19.4. The Morgan fingerprint density at radius 3 is 2.39 bits per heavy atom. The molecule has 0 saturated carbocycles. The van der Waals surface area contributed by atoms with Crippen molar-refractivity contribution < 1.29 is 22.4 Å². The van der Waals surface area contributed by atoms with E-state index in [9.17, 15) is 18.0 Å². The summed E-state index contributed by atoms with van der Waals surface area (Å²) in [5.74, 6) is 1.03. The van der Waals surface area contributed by atoms with E-state index >= 15 is 0 Å². The average molecular weight is 424 g/mol. The molecular weight excluding hydrogens is 405 g/mol. The first-order valence-corrected chi connectivity index (χ1v) is 9.60. The Labute approximate surface area is 176 Å². The highest BCUT2D eigenvalue weighted by molar-refractivity contribution is 6.07. The minimum absolute atomic E-state index is 0.169. The van der Waals surface area contributed by atoms with Crippen molar-refractivity contribution in [3.63, 3.8) is 0 Å². The number of aromatic nitrogens is 1. The summed E-state index contributed by atoms with van der Waals surface area (Å²) < 4.78 is 44.0. The number of alkyl halides is 3. The molecule has 7 heteroatoms. The third kappa shape index (κ3) is 4.30. The molecule has 0 N–H and O–H groups in total. The zero-order valence-corrected chi connectivity index (χ0v) is 16.9. The third-order valence-electron chi connectivity index (χ3n) is 4.99. The van der Waals surface area contributed by atoms with E-state index in [4.69, 9.17) is 4.42 Å². The Kier molecular flexibility index (Phi) is 5.27. The Balaban J connectivity index is 1.66. The quantitative estimate of drug-likeness (QED) is 0.398. The molecular formula is C24H19F3N2O2. The van der Waals surface area contributed by atoms with Crippen molar-refractivity contribution in [3.8, 4) is 11.5 Å². The van der Waals surface area contributed by atoms with Crippen LogP contribution in [0.1, 0.15) is 27.2 Å². The molecule has 0 aliphatic carbocycles. The number of para-hydroxylation sites is 1. The zero-order chi connectivity index (χ0) is 22.2. The number of carbonyl (C=O) groups is 1. The molecule has 2 heterocycles. The minimum Gasteiger partial charge on any atom is -0.460 e. The molecule has 1 amide bonds. The van der Waals surface area contributed by atoms with E-state index in [1.807, 2.05) is 37.3 Å². The van der Waals surface area contributed by atoms with Gasteiger partial charge in [-0.15, -0.1) is 0 Å². The number of rotatable bonds is 4. The number of nitrogens with zero attached hydrogens (tertiary/aromatic N) is 2. The van der Waals surface area contributed by atoms with Crippen LogP contribution in [0.5, 0.6) is 0 Å². The number of benzene rings is 2. The van der Waals surface area contributed by atoms with Crippen LogP contribution in [-0.4, -0.2) is 22.8 Å². The smallest absolute Gasteiger partial charge is 0.416 e. The third-order valence-corrected chi connectivity index (χ3v) is 4.99. The van der Waals surface area contributed by atoms with Crippen LogP contribution in [0, 0.1) is 6.92 Å². The van der Waals surface area contributed by atoms with Crippen LogP contribution >= 0.6 is 0 Å². The molecule has 4 aromatic rings. The summed E-state index contributed by atoms with van der Waals surface area (Å²) in [7, 11) is 1.62. The number of amides is 1. The van der Waals surface area contributed by atoms with Gasteiger partial charge < -0.3 is 9.32 Å². The van der Waals surface area contributed by atoms with Gasteiger partial charge in [0.2, 0.25) is 0 Å². The summed E-state index contributed by atoms with van der Waals surface area (Å²) in [4.78, 5) is 19.3. The van der Waals surface area contributed by atoms with Crippen molar-refractivity contribution in [2.75, 3.05) is 7.05 Å². The number of aryl methyl sites for hydroxylation is 1. The van der Waals surface area contributed by atoms with Crippen LogP contribution in [0.2, 0.25) is 0 Å². The number of hydrogen-bond acceptors (Lipinski definition) is 3. The molecule has 4 rings (SSSR count). The number of fused-ring (bicyclic) bond motifs is 1. The van der Waals surface area contributed by atoms with Crippen molar-refractivity contribution in [3.05, 3.63) is 89.2 Å². The van der Waals surface area contributed by atoms with Crippen molar-refractivity contribution >= 4 is 16.8 Å². The van der Waals surface area contributed by atoms with Gasteiger partial charge in [-0.25, -0.2) is 4.98 Å². The highest BCUT2D eigenvalue weighted by Crippen LogP contribution is 2.30. The van der Waals surface area contributed by atoms with Crippen molar-refractivity contribution in [2.45, 2.75) is 19.6 Å². The van der Waals surface area contributed by atoms with Crippen LogP contribution in [0.15, 0.2) is 71.1 Å². The molecule has 0 unspecified atom stereocenters. The lowest BCUT2D eigenvalue weighted by molar-refractivity contribution is -0.137. The highest BCUT2D eigenvalue weighted by Gasteiger charge is 2.30. The summed E-state index contributed by atoms with van der Waals surface area (Å²) in [6.45, 7) is 2.00. The minimum atomic E-state index is -4.39. The predicted octanol–water partition coefficient (Wildman–Crippen LogP) is 6.09. The standard InChI is InChI=1S/C24H19F3N2O2/c1-15-7-12-22(31-15)21-13-19(18-5-3-4-6-20(18)28-21)23(30)29(2)14-16-8-10-17(11-9-16)24(25,26)27/h3-13H,14H2,1-2H3. The average Bonchev–Trinajstić information content (AvgIpc) is 3.18. The lowest BCUT2D eigenvalue weighted by Crippen LogP contribution is -2.26. The lowest BCUT2D eigenvalue weighted by Gasteiger charge is -2.19. The molecule has 4 nitrogen and oxygen atoms in total. The zero-order valence-electron chi connectivity index (χ0n) is 16.9. The van der Waals surface area contributed by atoms with Gasteiger partial charge in [-0.1, -0.05) is 30.3 Å². The molecule has 0 aliphatic heterocycles. The maximum Gasteiger partial charge on any atom is 0.416 e. The fraction of sp³-hybridized carbons (Fsp3) is 0.167. The Bertz CT molecular complexity index is 1240. The fourth-order valence-electron chi connectivity index (χ4n) is 3.40. The Morgan fingerprint density at radius 2 is 1.74 bits per heavy atom. The summed E-state index contributed by atoms with van der Waals surface area (Å²) >= 11 is 0. The van der Waals surface area contributed by atoms with Gasteiger partial charge in [-0.05, 0) is 48.9 Å². The molecule has 2 aromatic carbocycles. The van der Waals surface area contributed by atoms with Crippen LogP contribution in [0.3, 0.4) is 0 Å². The molecule has 0 atom stereocenters. The van der Waals surface area contributed by atoms with Crippen LogP contribution in [0.4, 0.5) is 13.2 Å². The van der Waals surface area contributed by atoms with E-state index in [0.717, 1.165) is 17.9 Å². The van der Waals surface area contributed by atoms with Gasteiger partial charge >= 0.3 is 6.18 Å². The van der Waals surface area contributed by atoms with E-state index in [2.05, 4.69) is 4.98 Å². The van der Waals surface area contributed by atoms with E-state index in [-0.39, 0.29) is 12.5 Å². The van der Waals surface area contributed by atoms with Gasteiger partial charge in [-0.3, -0.25) is 4.79 Å². The summed E-state index contributed by atoms with van der Waals surface area (Å²) in [5, 5.41) is 0.693. The Hall–Kier alpha value is -3.61.